The fourth-order valence-corrected chi connectivity index (χ4v) is 2.88. The number of carbonyl (C=O) groups excluding carboxylic acids is 1. The molecule has 1 aliphatic heterocycles. The highest BCUT2D eigenvalue weighted by atomic mass is 16.2. The first-order valence-corrected chi connectivity index (χ1v) is 8.11. The van der Waals surface area contributed by atoms with Crippen LogP contribution in [0.3, 0.4) is 0 Å². The first kappa shape index (κ1) is 15.4. The number of rotatable bonds is 3. The van der Waals surface area contributed by atoms with Crippen LogP contribution in [-0.4, -0.2) is 37.1 Å². The van der Waals surface area contributed by atoms with Crippen LogP contribution in [0.5, 0.6) is 0 Å². The number of urea groups is 1. The van der Waals surface area contributed by atoms with Crippen molar-refractivity contribution in [2.45, 2.75) is 13.5 Å². The van der Waals surface area contributed by atoms with E-state index in [-0.39, 0.29) is 6.03 Å². The summed E-state index contributed by atoms with van der Waals surface area (Å²) in [4.78, 5) is 16.5. The summed E-state index contributed by atoms with van der Waals surface area (Å²) < 4.78 is 0. The van der Waals surface area contributed by atoms with Crippen molar-refractivity contribution < 1.29 is 4.79 Å². The summed E-state index contributed by atoms with van der Waals surface area (Å²) in [6.45, 7) is 5.96. The maximum absolute atomic E-state index is 12.3. The fraction of sp³-hybridized carbons (Fsp3) is 0.316. The topological polar surface area (TPSA) is 35.6 Å². The molecule has 120 valence electrons. The van der Waals surface area contributed by atoms with Gasteiger partial charge >= 0.3 is 6.03 Å². The Morgan fingerprint density at radius 2 is 1.74 bits per heavy atom. The number of nitrogens with one attached hydrogen (secondary N) is 1. The van der Waals surface area contributed by atoms with E-state index in [2.05, 4.69) is 41.4 Å². The van der Waals surface area contributed by atoms with Crippen LogP contribution < -0.4 is 10.2 Å². The molecule has 3 rings (SSSR count). The van der Waals surface area contributed by atoms with Gasteiger partial charge in [-0.3, -0.25) is 0 Å². The molecule has 2 aromatic carbocycles. The van der Waals surface area contributed by atoms with Crippen LogP contribution >= 0.6 is 0 Å². The summed E-state index contributed by atoms with van der Waals surface area (Å²) in [6, 6.07) is 18.6. The number of hydrogen-bond donors (Lipinski definition) is 1. The molecule has 0 bridgehead atoms. The largest absolute Gasteiger partial charge is 0.368 e. The molecule has 2 aromatic rings. The monoisotopic (exact) mass is 309 g/mol. The average molecular weight is 309 g/mol. The predicted octanol–water partition coefficient (Wildman–Crippen LogP) is 3.03. The van der Waals surface area contributed by atoms with Crippen LogP contribution in [0.4, 0.5) is 10.5 Å². The lowest BCUT2D eigenvalue weighted by molar-refractivity contribution is 0.194. The smallest absolute Gasteiger partial charge is 0.317 e. The van der Waals surface area contributed by atoms with E-state index < -0.39 is 0 Å². The Kier molecular flexibility index (Phi) is 4.81. The minimum absolute atomic E-state index is 0.0257. The van der Waals surface area contributed by atoms with Gasteiger partial charge in [-0.25, -0.2) is 4.79 Å². The minimum atomic E-state index is 0.0257. The zero-order valence-corrected chi connectivity index (χ0v) is 13.5. The lowest BCUT2D eigenvalue weighted by Crippen LogP contribution is -2.51. The van der Waals surface area contributed by atoms with Gasteiger partial charge in [0.15, 0.2) is 0 Å². The minimum Gasteiger partial charge on any atom is -0.368 e. The van der Waals surface area contributed by atoms with Crippen molar-refractivity contribution >= 4 is 11.7 Å². The zero-order chi connectivity index (χ0) is 16.1. The molecule has 23 heavy (non-hydrogen) atoms. The molecule has 1 aliphatic rings. The Labute approximate surface area is 137 Å². The summed E-state index contributed by atoms with van der Waals surface area (Å²) in [5.41, 5.74) is 3.64. The predicted molar refractivity (Wildman–Crippen MR) is 93.6 cm³/mol. The molecule has 0 radical (unpaired) electrons. The van der Waals surface area contributed by atoms with E-state index in [1.165, 1.54) is 11.3 Å². The van der Waals surface area contributed by atoms with Crippen molar-refractivity contribution in [2.75, 3.05) is 31.1 Å². The third-order valence-electron chi connectivity index (χ3n) is 4.22. The van der Waals surface area contributed by atoms with Crippen LogP contribution in [0, 0.1) is 6.92 Å². The van der Waals surface area contributed by atoms with E-state index in [9.17, 15) is 4.79 Å². The Morgan fingerprint density at radius 3 is 2.43 bits per heavy atom. The van der Waals surface area contributed by atoms with E-state index in [1.54, 1.807) is 0 Å². The number of nitrogens with zero attached hydrogens (tertiary/aromatic N) is 2. The molecule has 2 amide bonds. The second kappa shape index (κ2) is 7.18. The van der Waals surface area contributed by atoms with Gasteiger partial charge in [-0.2, -0.15) is 0 Å². The second-order valence-corrected chi connectivity index (χ2v) is 5.96. The molecule has 1 N–H and O–H groups in total. The Hall–Kier alpha value is -2.49. The van der Waals surface area contributed by atoms with Gasteiger partial charge in [-0.05, 0) is 30.2 Å². The van der Waals surface area contributed by atoms with E-state index in [1.807, 2.05) is 35.2 Å². The zero-order valence-electron chi connectivity index (χ0n) is 13.5. The van der Waals surface area contributed by atoms with Crippen LogP contribution in [0.15, 0.2) is 54.6 Å². The van der Waals surface area contributed by atoms with E-state index >= 15 is 0 Å². The quantitative estimate of drug-likeness (QED) is 0.946. The van der Waals surface area contributed by atoms with Gasteiger partial charge < -0.3 is 15.1 Å². The molecule has 0 unspecified atom stereocenters. The highest BCUT2D eigenvalue weighted by Gasteiger charge is 2.21. The van der Waals surface area contributed by atoms with Crippen molar-refractivity contribution in [1.82, 2.24) is 10.2 Å². The number of piperazine rings is 1. The van der Waals surface area contributed by atoms with Gasteiger partial charge in [0.25, 0.3) is 0 Å². The summed E-state index contributed by atoms with van der Waals surface area (Å²) >= 11 is 0. The highest BCUT2D eigenvalue weighted by Crippen LogP contribution is 2.17. The number of benzene rings is 2. The fourth-order valence-electron chi connectivity index (χ4n) is 2.88. The van der Waals surface area contributed by atoms with Crippen molar-refractivity contribution in [3.63, 3.8) is 0 Å². The molecule has 4 heteroatoms. The number of amides is 2. The second-order valence-electron chi connectivity index (χ2n) is 5.96. The molecule has 0 saturated carbocycles. The molecule has 0 spiro atoms. The summed E-state index contributed by atoms with van der Waals surface area (Å²) in [6.07, 6.45) is 0. The van der Waals surface area contributed by atoms with Crippen molar-refractivity contribution in [3.8, 4) is 0 Å². The number of anilines is 1. The Morgan fingerprint density at radius 1 is 1.00 bits per heavy atom. The number of aryl methyl sites for hydroxylation is 1. The van der Waals surface area contributed by atoms with Crippen LogP contribution in [0.2, 0.25) is 0 Å². The van der Waals surface area contributed by atoms with Gasteiger partial charge in [-0.1, -0.05) is 42.5 Å². The van der Waals surface area contributed by atoms with E-state index in [0.29, 0.717) is 6.54 Å². The molecule has 0 aliphatic carbocycles. The van der Waals surface area contributed by atoms with E-state index in [4.69, 9.17) is 0 Å². The summed E-state index contributed by atoms with van der Waals surface area (Å²) in [7, 11) is 0. The molecule has 1 saturated heterocycles. The maximum atomic E-state index is 12.3. The van der Waals surface area contributed by atoms with Crippen molar-refractivity contribution in [2.24, 2.45) is 0 Å². The molecule has 0 atom stereocenters. The molecular weight excluding hydrogens is 286 g/mol. The summed E-state index contributed by atoms with van der Waals surface area (Å²) in [5.74, 6) is 0. The molecule has 4 nitrogen and oxygen atoms in total. The third kappa shape index (κ3) is 4.03. The van der Waals surface area contributed by atoms with E-state index in [0.717, 1.165) is 31.7 Å². The van der Waals surface area contributed by atoms with Gasteiger partial charge in [0.05, 0.1) is 0 Å². The summed E-state index contributed by atoms with van der Waals surface area (Å²) in [5, 5.41) is 3.00. The van der Waals surface area contributed by atoms with Crippen LogP contribution in [0.25, 0.3) is 0 Å². The average Bonchev–Trinajstić information content (AvgIpc) is 2.61. The first-order valence-electron chi connectivity index (χ1n) is 8.11. The third-order valence-corrected chi connectivity index (χ3v) is 4.22. The van der Waals surface area contributed by atoms with Crippen molar-refractivity contribution in [1.29, 1.82) is 0 Å². The SMILES string of the molecule is Cc1cccc(N2CCN(C(=O)NCc3ccccc3)CC2)c1. The van der Waals surface area contributed by atoms with Gasteiger partial charge in [0, 0.05) is 38.4 Å². The molecule has 1 fully saturated rings. The standard InChI is InChI=1S/C19H23N3O/c1-16-6-5-9-18(14-16)21-10-12-22(13-11-21)19(23)20-15-17-7-3-2-4-8-17/h2-9,14H,10-13,15H2,1H3,(H,20,23). The van der Waals surface area contributed by atoms with Crippen LogP contribution in [-0.2, 0) is 6.54 Å². The lowest BCUT2D eigenvalue weighted by Gasteiger charge is -2.36. The number of hydrogen-bond acceptors (Lipinski definition) is 2. The first-order chi connectivity index (χ1) is 11.2. The Balaban J connectivity index is 1.49. The van der Waals surface area contributed by atoms with Crippen molar-refractivity contribution in [3.05, 3.63) is 65.7 Å². The van der Waals surface area contributed by atoms with Crippen LogP contribution in [0.1, 0.15) is 11.1 Å². The Bertz CT molecular complexity index is 649. The highest BCUT2D eigenvalue weighted by molar-refractivity contribution is 5.74. The lowest BCUT2D eigenvalue weighted by atomic mass is 10.2. The van der Waals surface area contributed by atoms with Gasteiger partial charge in [-0.15, -0.1) is 0 Å². The normalized spacial score (nSPS) is 14.7. The molecular formula is C19H23N3O. The van der Waals surface area contributed by atoms with Gasteiger partial charge in [0.1, 0.15) is 0 Å². The molecule has 1 heterocycles. The molecule has 0 aromatic heterocycles. The van der Waals surface area contributed by atoms with Gasteiger partial charge in [0.2, 0.25) is 0 Å². The maximum Gasteiger partial charge on any atom is 0.317 e. The number of carbonyl (C=O) groups is 1.